The monoisotopic (exact) mass is 242 g/mol. The maximum Gasteiger partial charge on any atom is 0.237 e. The van der Waals surface area contributed by atoms with Crippen LogP contribution in [0.25, 0.3) is 0 Å². The SMILES string of the molecule is CCN(CC)CCNC1(C(N)=O)CCNCC1. The first-order valence-electron chi connectivity index (χ1n) is 6.62. The predicted molar refractivity (Wildman–Crippen MR) is 69.8 cm³/mol. The van der Waals surface area contributed by atoms with E-state index in [0.29, 0.717) is 0 Å². The third kappa shape index (κ3) is 3.94. The van der Waals surface area contributed by atoms with Crippen LogP contribution in [0.15, 0.2) is 0 Å². The van der Waals surface area contributed by atoms with Crippen LogP contribution in [-0.2, 0) is 4.79 Å². The van der Waals surface area contributed by atoms with Crippen molar-refractivity contribution in [1.29, 1.82) is 0 Å². The fourth-order valence-corrected chi connectivity index (χ4v) is 2.36. The summed E-state index contributed by atoms with van der Waals surface area (Å²) in [5.41, 5.74) is 5.05. The number of hydrogen-bond acceptors (Lipinski definition) is 4. The fraction of sp³-hybridized carbons (Fsp3) is 0.917. The highest BCUT2D eigenvalue weighted by Gasteiger charge is 2.37. The van der Waals surface area contributed by atoms with Crippen molar-refractivity contribution in [3.8, 4) is 0 Å². The molecule has 1 aliphatic rings. The predicted octanol–water partition coefficient (Wildman–Crippen LogP) is -0.475. The van der Waals surface area contributed by atoms with Gasteiger partial charge in [-0.25, -0.2) is 0 Å². The molecule has 0 aromatic carbocycles. The first-order chi connectivity index (χ1) is 8.14. The molecule has 100 valence electrons. The van der Waals surface area contributed by atoms with Gasteiger partial charge in [0.05, 0.1) is 0 Å². The molecule has 1 amide bonds. The number of rotatable bonds is 7. The van der Waals surface area contributed by atoms with Crippen LogP contribution < -0.4 is 16.4 Å². The highest BCUT2D eigenvalue weighted by atomic mass is 16.1. The Morgan fingerprint density at radius 1 is 1.35 bits per heavy atom. The van der Waals surface area contributed by atoms with Gasteiger partial charge in [-0.3, -0.25) is 4.79 Å². The van der Waals surface area contributed by atoms with Crippen molar-refractivity contribution in [2.24, 2.45) is 5.73 Å². The van der Waals surface area contributed by atoms with Gasteiger partial charge in [0, 0.05) is 13.1 Å². The lowest BCUT2D eigenvalue weighted by Gasteiger charge is -2.36. The van der Waals surface area contributed by atoms with E-state index in [-0.39, 0.29) is 5.91 Å². The van der Waals surface area contributed by atoms with Gasteiger partial charge in [-0.1, -0.05) is 13.8 Å². The van der Waals surface area contributed by atoms with Crippen LogP contribution >= 0.6 is 0 Å². The Hall–Kier alpha value is -0.650. The Balaban J connectivity index is 2.42. The third-order valence-corrected chi connectivity index (χ3v) is 3.71. The molecule has 0 radical (unpaired) electrons. The number of nitrogens with zero attached hydrogens (tertiary/aromatic N) is 1. The molecule has 4 N–H and O–H groups in total. The molecule has 0 spiro atoms. The van der Waals surface area contributed by atoms with E-state index in [1.165, 1.54) is 0 Å². The summed E-state index contributed by atoms with van der Waals surface area (Å²) in [7, 11) is 0. The summed E-state index contributed by atoms with van der Waals surface area (Å²) in [5.74, 6) is -0.210. The highest BCUT2D eigenvalue weighted by molar-refractivity contribution is 5.84. The van der Waals surface area contributed by atoms with E-state index in [9.17, 15) is 4.79 Å². The quantitative estimate of drug-likeness (QED) is 0.564. The molecule has 0 aromatic rings. The standard InChI is InChI=1S/C12H26N4O/c1-3-16(4-2)10-9-15-12(11(13)17)5-7-14-8-6-12/h14-15H,3-10H2,1-2H3,(H2,13,17). The van der Waals surface area contributed by atoms with Crippen LogP contribution in [0.1, 0.15) is 26.7 Å². The largest absolute Gasteiger partial charge is 0.368 e. The summed E-state index contributed by atoms with van der Waals surface area (Å²) in [6.45, 7) is 9.91. The molecule has 0 saturated carbocycles. The lowest BCUT2D eigenvalue weighted by Crippen LogP contribution is -2.61. The highest BCUT2D eigenvalue weighted by Crippen LogP contribution is 2.17. The van der Waals surface area contributed by atoms with E-state index < -0.39 is 5.54 Å². The number of piperidine rings is 1. The Morgan fingerprint density at radius 3 is 2.41 bits per heavy atom. The molecule has 1 heterocycles. The summed E-state index contributed by atoms with van der Waals surface area (Å²) in [5, 5.41) is 6.64. The van der Waals surface area contributed by atoms with Crippen molar-refractivity contribution in [2.45, 2.75) is 32.2 Å². The minimum atomic E-state index is -0.488. The van der Waals surface area contributed by atoms with Crippen LogP contribution in [0.4, 0.5) is 0 Å². The van der Waals surface area contributed by atoms with Crippen molar-refractivity contribution >= 4 is 5.91 Å². The van der Waals surface area contributed by atoms with E-state index in [1.54, 1.807) is 0 Å². The average molecular weight is 242 g/mol. The van der Waals surface area contributed by atoms with Gasteiger partial charge in [0.1, 0.15) is 5.54 Å². The Bertz CT molecular complexity index is 235. The van der Waals surface area contributed by atoms with E-state index in [0.717, 1.165) is 52.1 Å². The second kappa shape index (κ2) is 6.93. The third-order valence-electron chi connectivity index (χ3n) is 3.71. The molecular formula is C12H26N4O. The fourth-order valence-electron chi connectivity index (χ4n) is 2.36. The molecule has 5 nitrogen and oxygen atoms in total. The summed E-state index contributed by atoms with van der Waals surface area (Å²) >= 11 is 0. The molecule has 0 bridgehead atoms. The maximum atomic E-state index is 11.6. The van der Waals surface area contributed by atoms with E-state index >= 15 is 0 Å². The van der Waals surface area contributed by atoms with Crippen LogP contribution in [-0.4, -0.2) is 55.6 Å². The second-order valence-corrected chi connectivity index (χ2v) is 4.65. The summed E-state index contributed by atoms with van der Waals surface area (Å²) in [6, 6.07) is 0. The molecule has 0 unspecified atom stereocenters. The number of likely N-dealkylation sites (N-methyl/N-ethyl adjacent to an activating group) is 1. The zero-order chi connectivity index (χ0) is 12.7. The maximum absolute atomic E-state index is 11.6. The van der Waals surface area contributed by atoms with Crippen molar-refractivity contribution in [1.82, 2.24) is 15.5 Å². The minimum Gasteiger partial charge on any atom is -0.368 e. The molecule has 0 aliphatic carbocycles. The lowest BCUT2D eigenvalue weighted by atomic mass is 9.87. The average Bonchev–Trinajstić information content (AvgIpc) is 2.35. The number of amides is 1. The molecule has 0 atom stereocenters. The van der Waals surface area contributed by atoms with Gasteiger partial charge < -0.3 is 21.3 Å². The Kier molecular flexibility index (Phi) is 5.88. The van der Waals surface area contributed by atoms with Gasteiger partial charge in [0.15, 0.2) is 0 Å². The topological polar surface area (TPSA) is 70.4 Å². The Morgan fingerprint density at radius 2 is 1.94 bits per heavy atom. The van der Waals surface area contributed by atoms with E-state index in [1.807, 2.05) is 0 Å². The first-order valence-corrected chi connectivity index (χ1v) is 6.62. The number of hydrogen-bond donors (Lipinski definition) is 3. The number of carbonyl (C=O) groups is 1. The van der Waals surface area contributed by atoms with Crippen molar-refractivity contribution in [3.63, 3.8) is 0 Å². The number of nitrogens with one attached hydrogen (secondary N) is 2. The van der Waals surface area contributed by atoms with E-state index in [2.05, 4.69) is 29.4 Å². The van der Waals surface area contributed by atoms with Crippen LogP contribution in [0, 0.1) is 0 Å². The number of primary amides is 1. The summed E-state index contributed by atoms with van der Waals surface area (Å²) in [4.78, 5) is 13.9. The van der Waals surface area contributed by atoms with Crippen LogP contribution in [0.5, 0.6) is 0 Å². The van der Waals surface area contributed by atoms with Gasteiger partial charge in [-0.15, -0.1) is 0 Å². The van der Waals surface area contributed by atoms with Crippen molar-refractivity contribution < 1.29 is 4.79 Å². The molecule has 1 rings (SSSR count). The summed E-state index contributed by atoms with van der Waals surface area (Å²) in [6.07, 6.45) is 1.58. The molecule has 0 aromatic heterocycles. The molecule has 5 heteroatoms. The Labute approximate surface area is 104 Å². The molecular weight excluding hydrogens is 216 g/mol. The van der Waals surface area contributed by atoms with Crippen LogP contribution in [0.3, 0.4) is 0 Å². The smallest absolute Gasteiger partial charge is 0.237 e. The van der Waals surface area contributed by atoms with Gasteiger partial charge in [-0.2, -0.15) is 0 Å². The van der Waals surface area contributed by atoms with Gasteiger partial charge >= 0.3 is 0 Å². The summed E-state index contributed by atoms with van der Waals surface area (Å²) < 4.78 is 0. The van der Waals surface area contributed by atoms with E-state index in [4.69, 9.17) is 5.73 Å². The molecule has 1 saturated heterocycles. The van der Waals surface area contributed by atoms with Gasteiger partial charge in [-0.05, 0) is 39.0 Å². The number of nitrogens with two attached hydrogens (primary N) is 1. The first kappa shape index (κ1) is 14.4. The normalized spacial score (nSPS) is 19.5. The minimum absolute atomic E-state index is 0.210. The number of carbonyl (C=O) groups excluding carboxylic acids is 1. The molecule has 17 heavy (non-hydrogen) atoms. The molecule has 1 fully saturated rings. The van der Waals surface area contributed by atoms with Crippen molar-refractivity contribution in [3.05, 3.63) is 0 Å². The zero-order valence-corrected chi connectivity index (χ0v) is 11.1. The van der Waals surface area contributed by atoms with Crippen LogP contribution in [0.2, 0.25) is 0 Å². The van der Waals surface area contributed by atoms with Gasteiger partial charge in [0.2, 0.25) is 5.91 Å². The molecule has 1 aliphatic heterocycles. The second-order valence-electron chi connectivity index (χ2n) is 4.65. The van der Waals surface area contributed by atoms with Crippen molar-refractivity contribution in [2.75, 3.05) is 39.3 Å². The zero-order valence-electron chi connectivity index (χ0n) is 11.1. The lowest BCUT2D eigenvalue weighted by molar-refractivity contribution is -0.125. The van der Waals surface area contributed by atoms with Gasteiger partial charge in [0.25, 0.3) is 0 Å².